The van der Waals surface area contributed by atoms with Crippen molar-refractivity contribution in [2.45, 2.75) is 19.9 Å². The number of amides is 1. The maximum absolute atomic E-state index is 12.2. The van der Waals surface area contributed by atoms with Gasteiger partial charge in [-0.05, 0) is 36.2 Å². The van der Waals surface area contributed by atoms with Crippen LogP contribution in [0.25, 0.3) is 0 Å². The van der Waals surface area contributed by atoms with Crippen LogP contribution in [0, 0.1) is 0 Å². The maximum atomic E-state index is 12.2. The number of hydrogen-bond acceptors (Lipinski definition) is 2. The van der Waals surface area contributed by atoms with E-state index in [1.807, 2.05) is 55.5 Å². The molecule has 2 aromatic rings. The SMILES string of the molecule is CCc1cccc(NC(=O)CNC(=NC)N(C)Cc2cccn2C)c1.I. The fraction of sp³-hybridized carbons (Fsp3) is 0.368. The van der Waals surface area contributed by atoms with Crippen molar-refractivity contribution in [3.05, 3.63) is 53.9 Å². The zero-order valence-corrected chi connectivity index (χ0v) is 18.2. The number of nitrogens with one attached hydrogen (secondary N) is 2. The number of aromatic nitrogens is 1. The van der Waals surface area contributed by atoms with Crippen molar-refractivity contribution in [1.82, 2.24) is 14.8 Å². The summed E-state index contributed by atoms with van der Waals surface area (Å²) in [6, 6.07) is 12.0. The molecule has 26 heavy (non-hydrogen) atoms. The smallest absolute Gasteiger partial charge is 0.243 e. The highest BCUT2D eigenvalue weighted by atomic mass is 127. The molecule has 0 saturated carbocycles. The molecule has 0 unspecified atom stereocenters. The molecule has 6 nitrogen and oxygen atoms in total. The summed E-state index contributed by atoms with van der Waals surface area (Å²) in [5, 5.41) is 6.01. The first kappa shape index (κ1) is 22.0. The van der Waals surface area contributed by atoms with E-state index in [1.165, 1.54) is 11.3 Å². The van der Waals surface area contributed by atoms with E-state index in [-0.39, 0.29) is 36.4 Å². The molecule has 7 heteroatoms. The second kappa shape index (κ2) is 10.8. The number of hydrogen-bond donors (Lipinski definition) is 2. The number of halogens is 1. The molecule has 0 saturated heterocycles. The summed E-state index contributed by atoms with van der Waals surface area (Å²) in [5.74, 6) is 0.584. The van der Waals surface area contributed by atoms with Crippen molar-refractivity contribution < 1.29 is 4.79 Å². The Labute approximate surface area is 172 Å². The Morgan fingerprint density at radius 2 is 2.04 bits per heavy atom. The third kappa shape index (κ3) is 6.36. The van der Waals surface area contributed by atoms with Gasteiger partial charge in [-0.3, -0.25) is 9.79 Å². The van der Waals surface area contributed by atoms with Crippen LogP contribution in [0.3, 0.4) is 0 Å². The van der Waals surface area contributed by atoms with Gasteiger partial charge in [0.1, 0.15) is 0 Å². The van der Waals surface area contributed by atoms with Crippen LogP contribution in [-0.2, 0) is 24.8 Å². The average molecular weight is 469 g/mol. The second-order valence-corrected chi connectivity index (χ2v) is 5.97. The molecular formula is C19H28IN5O. The van der Waals surface area contributed by atoms with E-state index >= 15 is 0 Å². The molecule has 1 amide bonds. The van der Waals surface area contributed by atoms with E-state index < -0.39 is 0 Å². The molecule has 0 radical (unpaired) electrons. The molecular weight excluding hydrogens is 441 g/mol. The molecule has 2 rings (SSSR count). The van der Waals surface area contributed by atoms with Crippen molar-refractivity contribution >= 4 is 41.5 Å². The van der Waals surface area contributed by atoms with E-state index in [0.29, 0.717) is 12.5 Å². The van der Waals surface area contributed by atoms with Gasteiger partial charge in [-0.25, -0.2) is 0 Å². The number of carbonyl (C=O) groups is 1. The van der Waals surface area contributed by atoms with Crippen LogP contribution in [0.5, 0.6) is 0 Å². The summed E-state index contributed by atoms with van der Waals surface area (Å²) >= 11 is 0. The van der Waals surface area contributed by atoms with E-state index in [4.69, 9.17) is 0 Å². The van der Waals surface area contributed by atoms with Crippen molar-refractivity contribution in [3.63, 3.8) is 0 Å². The van der Waals surface area contributed by atoms with E-state index in [1.54, 1.807) is 7.05 Å². The summed E-state index contributed by atoms with van der Waals surface area (Å²) in [6.45, 7) is 2.97. The van der Waals surface area contributed by atoms with Crippen LogP contribution < -0.4 is 10.6 Å². The topological polar surface area (TPSA) is 61.7 Å². The fourth-order valence-corrected chi connectivity index (χ4v) is 2.60. The van der Waals surface area contributed by atoms with Crippen LogP contribution in [-0.4, -0.2) is 42.0 Å². The van der Waals surface area contributed by atoms with Crippen LogP contribution in [0.15, 0.2) is 47.6 Å². The number of aliphatic imine (C=N–C) groups is 1. The third-order valence-corrected chi connectivity index (χ3v) is 4.05. The highest BCUT2D eigenvalue weighted by Gasteiger charge is 2.10. The normalized spacial score (nSPS) is 10.8. The van der Waals surface area contributed by atoms with Gasteiger partial charge >= 0.3 is 0 Å². The Kier molecular flexibility index (Phi) is 9.18. The summed E-state index contributed by atoms with van der Waals surface area (Å²) < 4.78 is 2.07. The lowest BCUT2D eigenvalue weighted by molar-refractivity contribution is -0.115. The summed E-state index contributed by atoms with van der Waals surface area (Å²) in [6.07, 6.45) is 2.95. The lowest BCUT2D eigenvalue weighted by Gasteiger charge is -2.22. The Balaban J connectivity index is 0.00000338. The van der Waals surface area contributed by atoms with Crippen molar-refractivity contribution in [3.8, 4) is 0 Å². The molecule has 0 spiro atoms. The van der Waals surface area contributed by atoms with Crippen LogP contribution in [0.2, 0.25) is 0 Å². The Bertz CT molecular complexity index is 741. The fourth-order valence-electron chi connectivity index (χ4n) is 2.60. The predicted molar refractivity (Wildman–Crippen MR) is 118 cm³/mol. The minimum Gasteiger partial charge on any atom is -0.353 e. The van der Waals surface area contributed by atoms with Gasteiger partial charge in [-0.2, -0.15) is 0 Å². The Hall–Kier alpha value is -2.03. The van der Waals surface area contributed by atoms with E-state index in [0.717, 1.165) is 12.1 Å². The van der Waals surface area contributed by atoms with Gasteiger partial charge in [0.05, 0.1) is 13.1 Å². The Morgan fingerprint density at radius 3 is 2.65 bits per heavy atom. The first-order chi connectivity index (χ1) is 12.0. The van der Waals surface area contributed by atoms with Gasteiger partial charge in [0.15, 0.2) is 5.96 Å². The largest absolute Gasteiger partial charge is 0.353 e. The highest BCUT2D eigenvalue weighted by molar-refractivity contribution is 14.0. The zero-order chi connectivity index (χ0) is 18.2. The molecule has 1 aromatic heterocycles. The highest BCUT2D eigenvalue weighted by Crippen LogP contribution is 2.10. The number of carbonyl (C=O) groups excluding carboxylic acids is 1. The standard InChI is InChI=1S/C19H27N5O.HI/c1-5-15-8-6-9-16(12-15)22-18(25)13-21-19(20-2)24(4)14-17-10-7-11-23(17)3;/h6-12H,5,13-14H2,1-4H3,(H,20,21)(H,22,25);1H. The van der Waals surface area contributed by atoms with E-state index in [2.05, 4.69) is 33.2 Å². The molecule has 142 valence electrons. The first-order valence-electron chi connectivity index (χ1n) is 8.44. The van der Waals surface area contributed by atoms with Crippen LogP contribution in [0.4, 0.5) is 5.69 Å². The first-order valence-corrected chi connectivity index (χ1v) is 8.44. The molecule has 0 atom stereocenters. The number of anilines is 1. The van der Waals surface area contributed by atoms with Gasteiger partial charge < -0.3 is 20.1 Å². The molecule has 0 aliphatic carbocycles. The van der Waals surface area contributed by atoms with Crippen molar-refractivity contribution in [2.24, 2.45) is 12.0 Å². The summed E-state index contributed by atoms with van der Waals surface area (Å²) in [5.41, 5.74) is 3.19. The van der Waals surface area contributed by atoms with Crippen molar-refractivity contribution in [1.29, 1.82) is 0 Å². The minimum atomic E-state index is -0.0957. The van der Waals surface area contributed by atoms with Gasteiger partial charge in [0, 0.05) is 38.7 Å². The van der Waals surface area contributed by atoms with E-state index in [9.17, 15) is 4.79 Å². The molecule has 2 N–H and O–H groups in total. The molecule has 0 aliphatic rings. The Morgan fingerprint density at radius 1 is 1.27 bits per heavy atom. The van der Waals surface area contributed by atoms with Crippen molar-refractivity contribution in [2.75, 3.05) is 26.0 Å². The number of guanidine groups is 1. The number of nitrogens with zero attached hydrogens (tertiary/aromatic N) is 3. The van der Waals surface area contributed by atoms with Gasteiger partial charge in [0.2, 0.25) is 5.91 Å². The zero-order valence-electron chi connectivity index (χ0n) is 15.8. The molecule has 0 aliphatic heterocycles. The number of rotatable bonds is 6. The third-order valence-electron chi connectivity index (χ3n) is 4.05. The average Bonchev–Trinajstić information content (AvgIpc) is 3.00. The van der Waals surface area contributed by atoms with Crippen LogP contribution >= 0.6 is 24.0 Å². The predicted octanol–water partition coefficient (Wildman–Crippen LogP) is 2.85. The van der Waals surface area contributed by atoms with Gasteiger partial charge in [-0.1, -0.05) is 19.1 Å². The van der Waals surface area contributed by atoms with Gasteiger partial charge in [0.25, 0.3) is 0 Å². The summed E-state index contributed by atoms with van der Waals surface area (Å²) in [7, 11) is 5.68. The lowest BCUT2D eigenvalue weighted by atomic mass is 10.1. The quantitative estimate of drug-likeness (QED) is 0.389. The number of benzene rings is 1. The molecule has 1 heterocycles. The lowest BCUT2D eigenvalue weighted by Crippen LogP contribution is -2.42. The molecule has 1 aromatic carbocycles. The molecule has 0 fully saturated rings. The maximum Gasteiger partial charge on any atom is 0.243 e. The van der Waals surface area contributed by atoms with Crippen LogP contribution in [0.1, 0.15) is 18.2 Å². The van der Waals surface area contributed by atoms with Gasteiger partial charge in [-0.15, -0.1) is 24.0 Å². The minimum absolute atomic E-state index is 0. The number of aryl methyl sites for hydroxylation is 2. The summed E-state index contributed by atoms with van der Waals surface area (Å²) in [4.78, 5) is 18.4. The second-order valence-electron chi connectivity index (χ2n) is 5.97. The molecule has 0 bridgehead atoms. The monoisotopic (exact) mass is 469 g/mol.